The molecule has 3 heterocycles. The Bertz CT molecular complexity index is 808. The van der Waals surface area contributed by atoms with Gasteiger partial charge in [0.2, 0.25) is 0 Å². The van der Waals surface area contributed by atoms with Crippen LogP contribution in [0.4, 0.5) is 11.6 Å². The Labute approximate surface area is 178 Å². The molecule has 0 bridgehead atoms. The molecule has 1 amide bonds. The number of benzene rings is 1. The molecule has 0 spiro atoms. The lowest BCUT2D eigenvalue weighted by atomic mass is 10.2. The van der Waals surface area contributed by atoms with Crippen molar-refractivity contribution in [2.24, 2.45) is 0 Å². The molecular weight excluding hydrogens is 378 g/mol. The molecule has 0 atom stereocenters. The molecule has 0 saturated carbocycles. The second kappa shape index (κ2) is 9.78. The van der Waals surface area contributed by atoms with Gasteiger partial charge in [0.1, 0.15) is 5.75 Å². The summed E-state index contributed by atoms with van der Waals surface area (Å²) in [6.07, 6.45) is 5.07. The van der Waals surface area contributed by atoms with Crippen LogP contribution >= 0.6 is 0 Å². The van der Waals surface area contributed by atoms with Gasteiger partial charge in [0.05, 0.1) is 0 Å². The molecule has 2 aliphatic heterocycles. The van der Waals surface area contributed by atoms with E-state index in [2.05, 4.69) is 32.1 Å². The Morgan fingerprint density at radius 2 is 1.37 bits per heavy atom. The lowest BCUT2D eigenvalue weighted by Gasteiger charge is -2.35. The van der Waals surface area contributed by atoms with E-state index in [1.165, 1.54) is 31.2 Å². The van der Waals surface area contributed by atoms with E-state index in [9.17, 15) is 4.79 Å². The summed E-state index contributed by atoms with van der Waals surface area (Å²) < 4.78 is 5.64. The van der Waals surface area contributed by atoms with E-state index in [1.807, 2.05) is 36.1 Å². The number of aryl methyl sites for hydroxylation is 1. The first-order valence-corrected chi connectivity index (χ1v) is 11.0. The SMILES string of the molecule is Cc1ccc(OCC(=O)N2CCN(c3ccc(N4CCCCCC4)nn3)CC2)cc1. The molecular formula is C23H31N5O2. The van der Waals surface area contributed by atoms with E-state index < -0.39 is 0 Å². The highest BCUT2D eigenvalue weighted by atomic mass is 16.5. The molecule has 0 N–H and O–H groups in total. The molecule has 7 heteroatoms. The molecule has 0 aliphatic carbocycles. The summed E-state index contributed by atoms with van der Waals surface area (Å²) in [5, 5.41) is 8.94. The summed E-state index contributed by atoms with van der Waals surface area (Å²) >= 11 is 0. The van der Waals surface area contributed by atoms with Crippen LogP contribution in [0.1, 0.15) is 31.2 Å². The molecule has 160 valence electrons. The molecule has 2 aromatic rings. The number of carbonyl (C=O) groups excluding carboxylic acids is 1. The molecule has 0 unspecified atom stereocenters. The quantitative estimate of drug-likeness (QED) is 0.757. The Hall–Kier alpha value is -2.83. The van der Waals surface area contributed by atoms with Gasteiger partial charge in [-0.3, -0.25) is 4.79 Å². The number of aromatic nitrogens is 2. The number of carbonyl (C=O) groups is 1. The third-order valence-corrected chi connectivity index (χ3v) is 5.91. The maximum absolute atomic E-state index is 12.5. The number of nitrogens with zero attached hydrogens (tertiary/aromatic N) is 5. The van der Waals surface area contributed by atoms with Crippen molar-refractivity contribution >= 4 is 17.5 Å². The largest absolute Gasteiger partial charge is 0.484 e. The van der Waals surface area contributed by atoms with E-state index in [0.717, 1.165) is 43.6 Å². The van der Waals surface area contributed by atoms with Crippen LogP contribution in [0.5, 0.6) is 5.75 Å². The summed E-state index contributed by atoms with van der Waals surface area (Å²) in [7, 11) is 0. The lowest BCUT2D eigenvalue weighted by molar-refractivity contribution is -0.133. The van der Waals surface area contributed by atoms with Crippen LogP contribution in [0.25, 0.3) is 0 Å². The van der Waals surface area contributed by atoms with Crippen LogP contribution in [0, 0.1) is 6.92 Å². The summed E-state index contributed by atoms with van der Waals surface area (Å²) in [5.41, 5.74) is 1.17. The standard InChI is InChI=1S/C23H31N5O2/c1-19-6-8-20(9-7-19)30-18-23(29)28-16-14-27(15-17-28)22-11-10-21(24-25-22)26-12-4-2-3-5-13-26/h6-11H,2-5,12-18H2,1H3. The topological polar surface area (TPSA) is 61.8 Å². The number of ether oxygens (including phenoxy) is 1. The Balaban J connectivity index is 1.25. The zero-order valence-corrected chi connectivity index (χ0v) is 17.8. The zero-order chi connectivity index (χ0) is 20.8. The monoisotopic (exact) mass is 409 g/mol. The molecule has 2 saturated heterocycles. The fraction of sp³-hybridized carbons (Fsp3) is 0.522. The van der Waals surface area contributed by atoms with E-state index >= 15 is 0 Å². The predicted octanol–water partition coefficient (Wildman–Crippen LogP) is 2.89. The highest BCUT2D eigenvalue weighted by Crippen LogP contribution is 2.20. The summed E-state index contributed by atoms with van der Waals surface area (Å²) in [6.45, 7) is 7.10. The first kappa shape index (κ1) is 20.4. The highest BCUT2D eigenvalue weighted by molar-refractivity contribution is 5.78. The highest BCUT2D eigenvalue weighted by Gasteiger charge is 2.23. The second-order valence-electron chi connectivity index (χ2n) is 8.12. The van der Waals surface area contributed by atoms with E-state index in [1.54, 1.807) is 0 Å². The van der Waals surface area contributed by atoms with Crippen molar-refractivity contribution in [2.75, 3.05) is 55.7 Å². The molecule has 4 rings (SSSR count). The van der Waals surface area contributed by atoms with Gasteiger partial charge in [-0.25, -0.2) is 0 Å². The number of amides is 1. The van der Waals surface area contributed by atoms with Crippen molar-refractivity contribution in [1.82, 2.24) is 15.1 Å². The zero-order valence-electron chi connectivity index (χ0n) is 17.8. The van der Waals surface area contributed by atoms with Gasteiger partial charge < -0.3 is 19.4 Å². The van der Waals surface area contributed by atoms with Crippen LogP contribution in [-0.2, 0) is 4.79 Å². The molecule has 7 nitrogen and oxygen atoms in total. The molecule has 1 aromatic heterocycles. The Morgan fingerprint density at radius 3 is 1.93 bits per heavy atom. The van der Waals surface area contributed by atoms with Crippen LogP contribution in [-0.4, -0.2) is 66.9 Å². The van der Waals surface area contributed by atoms with Gasteiger partial charge in [0, 0.05) is 39.3 Å². The first-order chi connectivity index (χ1) is 14.7. The smallest absolute Gasteiger partial charge is 0.260 e. The van der Waals surface area contributed by atoms with E-state index in [-0.39, 0.29) is 12.5 Å². The minimum atomic E-state index is 0.0258. The van der Waals surface area contributed by atoms with Gasteiger partial charge in [-0.15, -0.1) is 10.2 Å². The van der Waals surface area contributed by atoms with Crippen molar-refractivity contribution in [3.8, 4) is 5.75 Å². The van der Waals surface area contributed by atoms with Gasteiger partial charge in [-0.05, 0) is 44.0 Å². The molecule has 30 heavy (non-hydrogen) atoms. The van der Waals surface area contributed by atoms with Crippen molar-refractivity contribution in [2.45, 2.75) is 32.6 Å². The normalized spacial score (nSPS) is 17.6. The van der Waals surface area contributed by atoms with Crippen LogP contribution in [0.2, 0.25) is 0 Å². The van der Waals surface area contributed by atoms with Crippen molar-refractivity contribution in [3.63, 3.8) is 0 Å². The fourth-order valence-corrected chi connectivity index (χ4v) is 4.01. The molecule has 1 aromatic carbocycles. The molecule has 2 aliphatic rings. The average molecular weight is 410 g/mol. The summed E-state index contributed by atoms with van der Waals surface area (Å²) in [6, 6.07) is 11.9. The summed E-state index contributed by atoms with van der Waals surface area (Å²) in [5.74, 6) is 2.62. The maximum atomic E-state index is 12.5. The Morgan fingerprint density at radius 1 is 0.800 bits per heavy atom. The van der Waals surface area contributed by atoms with E-state index in [0.29, 0.717) is 13.1 Å². The van der Waals surface area contributed by atoms with E-state index in [4.69, 9.17) is 4.74 Å². The van der Waals surface area contributed by atoms with Crippen molar-refractivity contribution in [3.05, 3.63) is 42.0 Å². The number of rotatable bonds is 5. The third kappa shape index (κ3) is 5.20. The number of anilines is 2. The van der Waals surface area contributed by atoms with Gasteiger partial charge in [0.25, 0.3) is 5.91 Å². The minimum absolute atomic E-state index is 0.0258. The first-order valence-electron chi connectivity index (χ1n) is 11.0. The van der Waals surface area contributed by atoms with Gasteiger partial charge in [-0.1, -0.05) is 30.5 Å². The van der Waals surface area contributed by atoms with Crippen LogP contribution < -0.4 is 14.5 Å². The summed E-state index contributed by atoms with van der Waals surface area (Å²) in [4.78, 5) is 18.9. The van der Waals surface area contributed by atoms with Gasteiger partial charge in [0.15, 0.2) is 18.2 Å². The van der Waals surface area contributed by atoms with Gasteiger partial charge in [-0.2, -0.15) is 0 Å². The third-order valence-electron chi connectivity index (χ3n) is 5.91. The fourth-order valence-electron chi connectivity index (χ4n) is 4.01. The number of hydrogen-bond donors (Lipinski definition) is 0. The van der Waals surface area contributed by atoms with Crippen LogP contribution in [0.15, 0.2) is 36.4 Å². The number of hydrogen-bond acceptors (Lipinski definition) is 6. The second-order valence-corrected chi connectivity index (χ2v) is 8.12. The van der Waals surface area contributed by atoms with Crippen molar-refractivity contribution < 1.29 is 9.53 Å². The molecule has 0 radical (unpaired) electrons. The maximum Gasteiger partial charge on any atom is 0.260 e. The Kier molecular flexibility index (Phi) is 6.67. The van der Waals surface area contributed by atoms with Crippen molar-refractivity contribution in [1.29, 1.82) is 0 Å². The average Bonchev–Trinajstić information content (AvgIpc) is 3.08. The number of piperazine rings is 1. The van der Waals surface area contributed by atoms with Gasteiger partial charge >= 0.3 is 0 Å². The predicted molar refractivity (Wildman–Crippen MR) is 118 cm³/mol. The lowest BCUT2D eigenvalue weighted by Crippen LogP contribution is -2.50. The van der Waals surface area contributed by atoms with Crippen LogP contribution in [0.3, 0.4) is 0 Å². The minimum Gasteiger partial charge on any atom is -0.484 e. The molecule has 2 fully saturated rings.